The maximum absolute atomic E-state index is 12.8. The molecule has 1 aliphatic heterocycles. The van der Waals surface area contributed by atoms with Gasteiger partial charge in [-0.1, -0.05) is 18.2 Å². The molecule has 0 aliphatic carbocycles. The molecule has 0 unspecified atom stereocenters. The van der Waals surface area contributed by atoms with E-state index in [1.54, 1.807) is 22.0 Å². The number of benzene rings is 1. The van der Waals surface area contributed by atoms with Gasteiger partial charge in [-0.05, 0) is 12.1 Å². The Hall–Kier alpha value is -1.88. The van der Waals surface area contributed by atoms with Crippen molar-refractivity contribution in [1.29, 1.82) is 0 Å². The van der Waals surface area contributed by atoms with Crippen molar-refractivity contribution in [3.05, 3.63) is 53.7 Å². The summed E-state index contributed by atoms with van der Waals surface area (Å²) in [7, 11) is 0. The first-order valence-corrected chi connectivity index (χ1v) is 6.97. The van der Waals surface area contributed by atoms with Gasteiger partial charge in [0.1, 0.15) is 10.4 Å². The van der Waals surface area contributed by atoms with Crippen LogP contribution in [0.2, 0.25) is 0 Å². The lowest BCUT2D eigenvalue weighted by atomic mass is 10.1. The minimum Gasteiger partial charge on any atom is -0.193 e. The van der Waals surface area contributed by atoms with E-state index in [0.717, 1.165) is 27.6 Å². The van der Waals surface area contributed by atoms with Crippen LogP contribution in [0, 0.1) is 0 Å². The third kappa shape index (κ3) is 1.59. The summed E-state index contributed by atoms with van der Waals surface area (Å²) in [4.78, 5) is 1.08. The molecule has 100 valence electrons. The average molecular weight is 292 g/mol. The molecule has 0 atom stereocenters. The normalized spacial score (nSPS) is 13.6. The fourth-order valence-corrected chi connectivity index (χ4v) is 3.94. The average Bonchev–Trinajstić information content (AvgIpc) is 2.93. The van der Waals surface area contributed by atoms with Crippen LogP contribution in [0.1, 0.15) is 11.1 Å². The predicted molar refractivity (Wildman–Crippen MR) is 71.6 cm³/mol. The van der Waals surface area contributed by atoms with Crippen molar-refractivity contribution in [3.63, 3.8) is 0 Å². The number of hydrogen-bond donors (Lipinski definition) is 0. The quantitative estimate of drug-likeness (QED) is 0.427. The Bertz CT molecular complexity index is 833. The summed E-state index contributed by atoms with van der Waals surface area (Å²) in [5.41, 5.74) is 1.40. The molecule has 1 aliphatic rings. The second kappa shape index (κ2) is 3.82. The molecule has 0 spiro atoms. The van der Waals surface area contributed by atoms with Crippen LogP contribution in [0.5, 0.6) is 0 Å². The summed E-state index contributed by atoms with van der Waals surface area (Å²) >= 11 is 1.64. The first kappa shape index (κ1) is 11.9. The van der Waals surface area contributed by atoms with Crippen molar-refractivity contribution in [1.82, 2.24) is 0 Å². The highest BCUT2D eigenvalue weighted by Gasteiger charge is 2.37. The van der Waals surface area contributed by atoms with Crippen molar-refractivity contribution in [2.75, 3.05) is 0 Å². The Morgan fingerprint density at radius 2 is 1.85 bits per heavy atom. The van der Waals surface area contributed by atoms with E-state index in [9.17, 15) is 13.2 Å². The summed E-state index contributed by atoms with van der Waals surface area (Å²) < 4.78 is 41.1. The molecule has 4 rings (SSSR count). The largest absolute Gasteiger partial charge is 0.422 e. The number of fused-ring (bicyclic) bond motifs is 5. The van der Waals surface area contributed by atoms with Crippen molar-refractivity contribution in [3.8, 4) is 10.6 Å². The van der Waals surface area contributed by atoms with E-state index in [0.29, 0.717) is 6.54 Å². The van der Waals surface area contributed by atoms with Crippen LogP contribution >= 0.6 is 11.3 Å². The number of aromatic nitrogens is 1. The molecule has 3 heterocycles. The first-order chi connectivity index (χ1) is 9.54. The zero-order valence-corrected chi connectivity index (χ0v) is 11.1. The fraction of sp³-hybridized carbons (Fsp3) is 0.133. The lowest BCUT2D eigenvalue weighted by molar-refractivity contribution is -0.672. The van der Waals surface area contributed by atoms with Crippen LogP contribution in [0.25, 0.3) is 20.7 Å². The van der Waals surface area contributed by atoms with Gasteiger partial charge in [-0.3, -0.25) is 0 Å². The lowest BCUT2D eigenvalue weighted by Gasteiger charge is -2.04. The lowest BCUT2D eigenvalue weighted by Crippen LogP contribution is -2.33. The van der Waals surface area contributed by atoms with Gasteiger partial charge in [-0.15, -0.1) is 11.3 Å². The summed E-state index contributed by atoms with van der Waals surface area (Å²) in [6.07, 6.45) is -3.09. The van der Waals surface area contributed by atoms with Gasteiger partial charge in [0.05, 0.1) is 0 Å². The molecule has 0 N–H and O–H groups in total. The maximum Gasteiger partial charge on any atom is 0.422 e. The van der Waals surface area contributed by atoms with Crippen LogP contribution in [0.4, 0.5) is 13.2 Å². The molecule has 3 aromatic rings. The Morgan fingerprint density at radius 3 is 2.65 bits per heavy atom. The number of nitrogens with zero attached hydrogens (tertiary/aromatic N) is 1. The number of alkyl halides is 3. The van der Waals surface area contributed by atoms with Crippen molar-refractivity contribution < 1.29 is 17.7 Å². The predicted octanol–water partition coefficient (Wildman–Crippen LogP) is 4.24. The van der Waals surface area contributed by atoms with Crippen LogP contribution < -0.4 is 4.57 Å². The van der Waals surface area contributed by atoms with Gasteiger partial charge in [0.2, 0.25) is 5.69 Å². The summed E-state index contributed by atoms with van der Waals surface area (Å²) in [6.45, 7) is 0.513. The first-order valence-electron chi connectivity index (χ1n) is 6.15. The number of thiophene rings is 1. The number of halogens is 3. The zero-order valence-electron chi connectivity index (χ0n) is 10.2. The highest BCUT2D eigenvalue weighted by atomic mass is 32.1. The van der Waals surface area contributed by atoms with Crippen molar-refractivity contribution in [2.24, 2.45) is 0 Å². The number of rotatable bonds is 0. The molecular weight excluding hydrogens is 283 g/mol. The van der Waals surface area contributed by atoms with E-state index >= 15 is 0 Å². The molecule has 5 heteroatoms. The molecule has 0 radical (unpaired) electrons. The molecule has 2 aromatic heterocycles. The summed E-state index contributed by atoms with van der Waals surface area (Å²) in [5.74, 6) is 0. The van der Waals surface area contributed by atoms with E-state index in [2.05, 4.69) is 0 Å². The van der Waals surface area contributed by atoms with Crippen LogP contribution in [-0.4, -0.2) is 0 Å². The van der Waals surface area contributed by atoms with Gasteiger partial charge in [0.25, 0.3) is 0 Å². The minimum atomic E-state index is -4.29. The molecule has 0 amide bonds. The fourth-order valence-electron chi connectivity index (χ4n) is 2.68. The number of pyridine rings is 1. The SMILES string of the molecule is FC(F)(F)c1ccc2[n+](c1)Cc1c-2sc2ccccc12. The number of hydrogen-bond acceptors (Lipinski definition) is 1. The molecule has 0 fully saturated rings. The van der Waals surface area contributed by atoms with Gasteiger partial charge < -0.3 is 0 Å². The Labute approximate surface area is 116 Å². The van der Waals surface area contributed by atoms with Crippen LogP contribution in [0.15, 0.2) is 42.6 Å². The molecule has 0 saturated heterocycles. The van der Waals surface area contributed by atoms with E-state index in [1.165, 1.54) is 10.9 Å². The van der Waals surface area contributed by atoms with E-state index in [4.69, 9.17) is 0 Å². The van der Waals surface area contributed by atoms with Gasteiger partial charge in [-0.2, -0.15) is 17.7 Å². The van der Waals surface area contributed by atoms with E-state index < -0.39 is 11.7 Å². The maximum atomic E-state index is 12.8. The van der Waals surface area contributed by atoms with Gasteiger partial charge >= 0.3 is 6.18 Å². The van der Waals surface area contributed by atoms with E-state index in [-0.39, 0.29) is 0 Å². The van der Waals surface area contributed by atoms with Gasteiger partial charge in [0, 0.05) is 21.7 Å². The Balaban J connectivity index is 1.92. The third-order valence-electron chi connectivity index (χ3n) is 3.61. The smallest absolute Gasteiger partial charge is 0.193 e. The van der Waals surface area contributed by atoms with Crippen LogP contribution in [0.3, 0.4) is 0 Å². The Morgan fingerprint density at radius 1 is 1.05 bits per heavy atom. The van der Waals surface area contributed by atoms with Gasteiger partial charge in [-0.25, -0.2) is 0 Å². The molecule has 0 bridgehead atoms. The zero-order chi connectivity index (χ0) is 13.9. The molecule has 0 saturated carbocycles. The molecule has 1 aromatic carbocycles. The van der Waals surface area contributed by atoms with Gasteiger partial charge in [0.15, 0.2) is 12.7 Å². The highest BCUT2D eigenvalue weighted by molar-refractivity contribution is 7.22. The second-order valence-electron chi connectivity index (χ2n) is 4.83. The van der Waals surface area contributed by atoms with E-state index in [1.807, 2.05) is 24.3 Å². The topological polar surface area (TPSA) is 3.88 Å². The third-order valence-corrected chi connectivity index (χ3v) is 4.85. The second-order valence-corrected chi connectivity index (χ2v) is 5.89. The highest BCUT2D eigenvalue weighted by Crippen LogP contribution is 2.41. The van der Waals surface area contributed by atoms with Crippen molar-refractivity contribution in [2.45, 2.75) is 12.7 Å². The van der Waals surface area contributed by atoms with Crippen molar-refractivity contribution >= 4 is 21.4 Å². The molecule has 1 nitrogen and oxygen atoms in total. The molecule has 20 heavy (non-hydrogen) atoms. The van der Waals surface area contributed by atoms with Crippen LogP contribution in [-0.2, 0) is 12.7 Å². The summed E-state index contributed by atoms with van der Waals surface area (Å²) in [6, 6.07) is 10.8. The monoisotopic (exact) mass is 292 g/mol. The molecular formula is C15H9F3NS+. The summed E-state index contributed by atoms with van der Waals surface area (Å²) in [5, 5.41) is 1.14. The Kier molecular flexibility index (Phi) is 2.27. The minimum absolute atomic E-state index is 0.513. The standard InChI is InChI=1S/C15H9F3NS/c16-15(17,18)9-5-6-12-14-11(8-19(12)7-9)10-3-1-2-4-13(10)20-14/h1-7H,8H2/q+1.